The summed E-state index contributed by atoms with van der Waals surface area (Å²) in [6.07, 6.45) is 7.71. The molecule has 15 nitrogen and oxygen atoms in total. The number of unbranched alkanes of at least 4 members (excludes halogenated alkanes) is 2. The number of rotatable bonds is 18. The number of anilines is 3. The molecule has 70 heavy (non-hydrogen) atoms. The molecular weight excluding hydrogens is 924 g/mol. The van der Waals surface area contributed by atoms with Crippen molar-refractivity contribution < 1.29 is 24.2 Å². The van der Waals surface area contributed by atoms with Crippen LogP contribution in [0, 0.1) is 12.3 Å². The Kier molecular flexibility index (Phi) is 16.1. The number of aromatic nitrogens is 4. The minimum absolute atomic E-state index is 0.0333. The molecule has 0 aliphatic carbocycles. The maximum atomic E-state index is 14.1. The van der Waals surface area contributed by atoms with Crippen LogP contribution in [0.2, 0.25) is 5.02 Å². The van der Waals surface area contributed by atoms with Gasteiger partial charge >= 0.3 is 0 Å². The van der Waals surface area contributed by atoms with E-state index in [-0.39, 0.29) is 37.2 Å². The number of aryl methyl sites for hydroxylation is 1. The Bertz CT molecular complexity index is 2770. The SMILES string of the molecule is COc1cc(N2CCC(N(C)CCCCCC(=O)N[C@H](C(=O)N3C[C@H](O)C[C@H]3C(=O)NCc3ccc(-c4scnc4C)cc3)C(C)(C)C)CC2)ccc1Nc1ncc(Cl)c(-c2c[nH]c3ccccc23)n1. The highest BCUT2D eigenvalue weighted by Crippen LogP contribution is 2.36. The van der Waals surface area contributed by atoms with Crippen LogP contribution in [0.1, 0.15) is 77.0 Å². The number of thiazole rings is 1. The zero-order valence-corrected chi connectivity index (χ0v) is 42.5. The summed E-state index contributed by atoms with van der Waals surface area (Å²) in [4.78, 5) is 65.2. The lowest BCUT2D eigenvalue weighted by atomic mass is 9.85. The number of aliphatic hydroxyl groups is 1. The van der Waals surface area contributed by atoms with Crippen LogP contribution < -0.4 is 25.6 Å². The minimum atomic E-state index is -0.856. The molecule has 2 fully saturated rings. The van der Waals surface area contributed by atoms with Crippen LogP contribution in [0.15, 0.2) is 84.6 Å². The van der Waals surface area contributed by atoms with Crippen molar-refractivity contribution in [3.63, 3.8) is 0 Å². The van der Waals surface area contributed by atoms with Gasteiger partial charge < -0.3 is 45.5 Å². The Morgan fingerprint density at radius 3 is 2.53 bits per heavy atom. The van der Waals surface area contributed by atoms with Gasteiger partial charge in [-0.15, -0.1) is 11.3 Å². The Balaban J connectivity index is 0.762. The third-order valence-electron chi connectivity index (χ3n) is 13.6. The number of hydrogen-bond acceptors (Lipinski definition) is 12. The van der Waals surface area contributed by atoms with Crippen LogP contribution in [0.5, 0.6) is 5.75 Å². The van der Waals surface area contributed by atoms with Crippen molar-refractivity contribution in [1.29, 1.82) is 0 Å². The number of hydrogen-bond donors (Lipinski definition) is 5. The predicted molar refractivity (Wildman–Crippen MR) is 279 cm³/mol. The molecule has 0 bridgehead atoms. The van der Waals surface area contributed by atoms with E-state index in [2.05, 4.69) is 59.9 Å². The molecule has 8 rings (SSSR count). The second kappa shape index (κ2) is 22.3. The molecule has 0 radical (unpaired) electrons. The number of likely N-dealkylation sites (tertiary alicyclic amines) is 1. The summed E-state index contributed by atoms with van der Waals surface area (Å²) in [5.41, 5.74) is 8.56. The summed E-state index contributed by atoms with van der Waals surface area (Å²) < 4.78 is 5.83. The van der Waals surface area contributed by atoms with Crippen molar-refractivity contribution in [3.05, 3.63) is 101 Å². The Hall–Kier alpha value is -6.07. The van der Waals surface area contributed by atoms with Gasteiger partial charge in [0.15, 0.2) is 0 Å². The predicted octanol–water partition coefficient (Wildman–Crippen LogP) is 8.73. The number of para-hydroxylation sites is 1. The van der Waals surface area contributed by atoms with Crippen LogP contribution in [0.4, 0.5) is 17.3 Å². The van der Waals surface area contributed by atoms with E-state index < -0.39 is 23.6 Å². The molecule has 6 aromatic rings. The summed E-state index contributed by atoms with van der Waals surface area (Å²) in [7, 11) is 3.85. The van der Waals surface area contributed by atoms with Crippen LogP contribution in [-0.4, -0.2) is 117 Å². The lowest BCUT2D eigenvalue weighted by molar-refractivity contribution is -0.144. The Morgan fingerprint density at radius 2 is 1.80 bits per heavy atom. The highest BCUT2D eigenvalue weighted by Gasteiger charge is 2.44. The third-order valence-corrected chi connectivity index (χ3v) is 14.9. The molecule has 3 amide bonds. The fraction of sp³-hybridized carbons (Fsp3) is 0.434. The van der Waals surface area contributed by atoms with Gasteiger partial charge in [0.1, 0.15) is 17.8 Å². The van der Waals surface area contributed by atoms with Crippen molar-refractivity contribution in [2.75, 3.05) is 50.6 Å². The number of amides is 3. The van der Waals surface area contributed by atoms with E-state index in [4.69, 9.17) is 21.3 Å². The molecule has 2 aliphatic rings. The Labute approximate surface area is 419 Å². The molecule has 3 aromatic carbocycles. The molecule has 5 heterocycles. The monoisotopic (exact) mass is 988 g/mol. The van der Waals surface area contributed by atoms with E-state index in [0.717, 1.165) is 94.9 Å². The molecule has 17 heteroatoms. The molecule has 0 spiro atoms. The zero-order chi connectivity index (χ0) is 49.5. The number of carbonyl (C=O) groups excluding carboxylic acids is 3. The molecule has 5 N–H and O–H groups in total. The van der Waals surface area contributed by atoms with E-state index in [1.807, 2.05) is 94.0 Å². The summed E-state index contributed by atoms with van der Waals surface area (Å²) in [6.45, 7) is 10.8. The first-order valence-corrected chi connectivity index (χ1v) is 25.5. The second-order valence-electron chi connectivity index (χ2n) is 19.6. The number of aromatic amines is 1. The van der Waals surface area contributed by atoms with Crippen molar-refractivity contribution in [2.45, 2.75) is 103 Å². The maximum absolute atomic E-state index is 14.1. The molecular formula is C53H65ClN10O5S. The summed E-state index contributed by atoms with van der Waals surface area (Å²) in [5.74, 6) is 0.225. The molecule has 3 aromatic heterocycles. The summed E-state index contributed by atoms with van der Waals surface area (Å²) in [6, 6.07) is 20.9. The first-order valence-electron chi connectivity index (χ1n) is 24.2. The number of carbonyl (C=O) groups is 3. The summed E-state index contributed by atoms with van der Waals surface area (Å²) >= 11 is 8.17. The number of methoxy groups -OCH3 is 1. The van der Waals surface area contributed by atoms with E-state index in [9.17, 15) is 19.5 Å². The largest absolute Gasteiger partial charge is 0.494 e. The smallest absolute Gasteiger partial charge is 0.246 e. The molecule has 0 saturated carbocycles. The van der Waals surface area contributed by atoms with Gasteiger partial charge in [0.25, 0.3) is 0 Å². The normalized spacial score (nSPS) is 17.0. The lowest BCUT2D eigenvalue weighted by Crippen LogP contribution is -2.57. The summed E-state index contributed by atoms with van der Waals surface area (Å²) in [5, 5.41) is 21.4. The zero-order valence-electron chi connectivity index (χ0n) is 40.9. The van der Waals surface area contributed by atoms with Gasteiger partial charge in [-0.2, -0.15) is 0 Å². The van der Waals surface area contributed by atoms with E-state index in [0.29, 0.717) is 41.3 Å². The number of piperidine rings is 1. The molecule has 2 saturated heterocycles. The van der Waals surface area contributed by atoms with Gasteiger partial charge in [0.05, 0.1) is 51.9 Å². The van der Waals surface area contributed by atoms with E-state index in [1.54, 1.807) is 24.6 Å². The van der Waals surface area contributed by atoms with Crippen molar-refractivity contribution in [3.8, 4) is 27.4 Å². The van der Waals surface area contributed by atoms with E-state index >= 15 is 0 Å². The molecule has 2 aliphatic heterocycles. The van der Waals surface area contributed by atoms with Gasteiger partial charge in [-0.3, -0.25) is 14.4 Å². The van der Waals surface area contributed by atoms with Gasteiger partial charge in [0.2, 0.25) is 23.7 Å². The Morgan fingerprint density at radius 1 is 1.03 bits per heavy atom. The van der Waals surface area contributed by atoms with Crippen molar-refractivity contribution in [1.82, 2.24) is 40.4 Å². The first kappa shape index (κ1) is 50.3. The van der Waals surface area contributed by atoms with Crippen LogP contribution in [0.3, 0.4) is 0 Å². The second-order valence-corrected chi connectivity index (χ2v) is 20.9. The highest BCUT2D eigenvalue weighted by molar-refractivity contribution is 7.13. The quantitative estimate of drug-likeness (QED) is 0.0520. The van der Waals surface area contributed by atoms with Crippen LogP contribution >= 0.6 is 22.9 Å². The van der Waals surface area contributed by atoms with Crippen molar-refractivity contribution >= 4 is 68.9 Å². The van der Waals surface area contributed by atoms with Crippen LogP contribution in [-0.2, 0) is 20.9 Å². The maximum Gasteiger partial charge on any atom is 0.246 e. The number of fused-ring (bicyclic) bond motifs is 1. The molecule has 370 valence electrons. The number of H-pyrrole nitrogens is 1. The first-order chi connectivity index (χ1) is 33.7. The number of aliphatic hydroxyl groups excluding tert-OH is 1. The molecule has 0 unspecified atom stereocenters. The minimum Gasteiger partial charge on any atom is -0.494 e. The number of ether oxygens (including phenoxy) is 1. The average Bonchev–Trinajstić information content (AvgIpc) is 4.11. The van der Waals surface area contributed by atoms with Gasteiger partial charge in [-0.25, -0.2) is 15.0 Å². The van der Waals surface area contributed by atoms with Gasteiger partial charge in [-0.05, 0) is 80.9 Å². The van der Waals surface area contributed by atoms with Crippen LogP contribution in [0.25, 0.3) is 32.6 Å². The molecule has 3 atom stereocenters. The average molecular weight is 990 g/mol. The number of nitrogens with zero attached hydrogens (tertiary/aromatic N) is 6. The van der Waals surface area contributed by atoms with Gasteiger partial charge in [0, 0.05) is 79.5 Å². The third kappa shape index (κ3) is 11.9. The topological polar surface area (TPSA) is 181 Å². The number of β-amino-alcohol motifs (C(OH)–C–C–N with tert-alkyl or cyclic N) is 1. The fourth-order valence-corrected chi connectivity index (χ4v) is 10.6. The van der Waals surface area contributed by atoms with E-state index in [1.165, 1.54) is 4.90 Å². The van der Waals surface area contributed by atoms with Gasteiger partial charge in [-0.1, -0.05) is 81.3 Å². The number of nitrogens with one attached hydrogen (secondary N) is 4. The standard InChI is InChI=1S/C53H65ClN10O5S/c1-33-48(70-32-58-33)35-17-15-34(16-18-35)28-56-50(67)44-27-38(65)31-64(44)51(68)49(53(2,3)4)60-46(66)14-8-7-11-23-62(5)36-21-24-63(25-22-36)37-19-20-43(45(26-37)69-6)59-52-57-30-41(54)47(61-52)40-29-55-42-13-10-9-12-39(40)42/h9-10,12-13,15-20,26,29-30,32,36,38,44,49,55,65H,7-8,11,14,21-25,27-28,31H2,1-6H3,(H,56,67)(H,60,66)(H,57,59,61)/t38-,44+,49-/m1/s1. The lowest BCUT2D eigenvalue weighted by Gasteiger charge is -2.38. The number of benzene rings is 3. The van der Waals surface area contributed by atoms with Crippen molar-refractivity contribution in [2.24, 2.45) is 5.41 Å². The number of halogens is 1. The fourth-order valence-electron chi connectivity index (χ4n) is 9.57. The highest BCUT2D eigenvalue weighted by atomic mass is 35.5.